The maximum Gasteiger partial charge on any atom is 0.256 e. The molecular weight excluding hydrogens is 412 g/mol. The third kappa shape index (κ3) is 4.69. The highest BCUT2D eigenvalue weighted by Gasteiger charge is 2.25. The van der Waals surface area contributed by atoms with Crippen molar-refractivity contribution in [3.63, 3.8) is 0 Å². The number of anilines is 1. The van der Waals surface area contributed by atoms with Crippen LogP contribution in [-0.4, -0.2) is 48.4 Å². The van der Waals surface area contributed by atoms with Crippen LogP contribution in [0.4, 0.5) is 5.69 Å². The van der Waals surface area contributed by atoms with Crippen LogP contribution >= 0.6 is 11.8 Å². The molecule has 0 unspecified atom stereocenters. The van der Waals surface area contributed by atoms with E-state index in [2.05, 4.69) is 32.3 Å². The minimum atomic E-state index is -0.115. The van der Waals surface area contributed by atoms with Gasteiger partial charge in [0.2, 0.25) is 0 Å². The first-order chi connectivity index (χ1) is 15.1. The first-order valence-electron chi connectivity index (χ1n) is 10.3. The fraction of sp³-hybridized carbons (Fsp3) is 0.348. The summed E-state index contributed by atoms with van der Waals surface area (Å²) < 4.78 is 10.6. The van der Waals surface area contributed by atoms with Gasteiger partial charge in [0, 0.05) is 24.8 Å². The van der Waals surface area contributed by atoms with Crippen molar-refractivity contribution < 1.29 is 13.9 Å². The maximum absolute atomic E-state index is 13.1. The lowest BCUT2D eigenvalue weighted by Gasteiger charge is -2.34. The van der Waals surface area contributed by atoms with Crippen molar-refractivity contribution in [1.82, 2.24) is 15.3 Å². The molecule has 3 aromatic rings. The van der Waals surface area contributed by atoms with Crippen molar-refractivity contribution >= 4 is 23.4 Å². The number of furan rings is 1. The van der Waals surface area contributed by atoms with Gasteiger partial charge < -0.3 is 19.4 Å². The Morgan fingerprint density at radius 1 is 1.19 bits per heavy atom. The van der Waals surface area contributed by atoms with Gasteiger partial charge in [-0.3, -0.25) is 4.79 Å². The zero-order valence-electron chi connectivity index (χ0n) is 17.9. The van der Waals surface area contributed by atoms with Gasteiger partial charge in [0.1, 0.15) is 10.8 Å². The molecule has 7 nitrogen and oxygen atoms in total. The molecule has 162 valence electrons. The summed E-state index contributed by atoms with van der Waals surface area (Å²) in [5.41, 5.74) is 2.37. The van der Waals surface area contributed by atoms with Gasteiger partial charge in [0.25, 0.3) is 5.91 Å². The highest BCUT2D eigenvalue weighted by atomic mass is 32.2. The highest BCUT2D eigenvalue weighted by molar-refractivity contribution is 7.98. The summed E-state index contributed by atoms with van der Waals surface area (Å²) in [5, 5.41) is 3.85. The number of nitrogens with zero attached hydrogens (tertiary/aromatic N) is 3. The molecule has 1 aliphatic rings. The number of aromatic nitrogens is 2. The van der Waals surface area contributed by atoms with Crippen LogP contribution < -0.4 is 15.0 Å². The zero-order valence-corrected chi connectivity index (χ0v) is 18.7. The van der Waals surface area contributed by atoms with E-state index in [0.29, 0.717) is 27.9 Å². The number of hydrogen-bond acceptors (Lipinski definition) is 7. The Labute approximate surface area is 186 Å². The van der Waals surface area contributed by atoms with Crippen LogP contribution in [0.15, 0.2) is 52.1 Å². The van der Waals surface area contributed by atoms with Crippen molar-refractivity contribution in [2.45, 2.75) is 30.8 Å². The molecule has 0 bridgehead atoms. The molecule has 1 N–H and O–H groups in total. The first-order valence-corrected chi connectivity index (χ1v) is 11.5. The molecule has 0 atom stereocenters. The lowest BCUT2D eigenvalue weighted by Crippen LogP contribution is -2.45. The predicted molar refractivity (Wildman–Crippen MR) is 122 cm³/mol. The third-order valence-corrected chi connectivity index (χ3v) is 6.17. The zero-order chi connectivity index (χ0) is 21.8. The molecule has 0 spiro atoms. The Bertz CT molecular complexity index is 1030. The second-order valence-electron chi connectivity index (χ2n) is 7.43. The fourth-order valence-electron chi connectivity index (χ4n) is 3.80. The van der Waals surface area contributed by atoms with Gasteiger partial charge in [0.05, 0.1) is 24.6 Å². The number of benzene rings is 1. The van der Waals surface area contributed by atoms with Gasteiger partial charge in [-0.25, -0.2) is 9.97 Å². The Morgan fingerprint density at radius 3 is 2.55 bits per heavy atom. The van der Waals surface area contributed by atoms with Gasteiger partial charge in [-0.15, -0.1) is 11.8 Å². The molecule has 1 fully saturated rings. The number of methoxy groups -OCH3 is 1. The number of hydrogen-bond donors (Lipinski definition) is 1. The number of ether oxygens (including phenoxy) is 1. The molecule has 1 aromatic carbocycles. The molecule has 4 rings (SSSR count). The molecule has 1 saturated heterocycles. The number of rotatable bonds is 6. The van der Waals surface area contributed by atoms with Gasteiger partial charge >= 0.3 is 0 Å². The average Bonchev–Trinajstić information content (AvgIpc) is 3.34. The largest absolute Gasteiger partial charge is 0.497 e. The van der Waals surface area contributed by atoms with Crippen LogP contribution in [0.5, 0.6) is 5.75 Å². The third-order valence-electron chi connectivity index (χ3n) is 5.49. The molecule has 0 radical (unpaired) electrons. The van der Waals surface area contributed by atoms with Crippen LogP contribution in [-0.2, 0) is 0 Å². The molecule has 0 aliphatic carbocycles. The van der Waals surface area contributed by atoms with Crippen molar-refractivity contribution in [2.24, 2.45) is 0 Å². The van der Waals surface area contributed by atoms with Crippen molar-refractivity contribution in [3.05, 3.63) is 53.9 Å². The van der Waals surface area contributed by atoms with Crippen LogP contribution in [0, 0.1) is 6.92 Å². The number of piperidine rings is 1. The standard InChI is InChI=1S/C23H26N4O3S/c1-15-20(23(31-3)26-21(24-15)19-5-4-14-30-19)22(28)25-16-10-12-27(13-11-16)17-6-8-18(29-2)9-7-17/h4-9,14,16H,10-13H2,1-3H3,(H,25,28). The van der Waals surface area contributed by atoms with Crippen LogP contribution in [0.25, 0.3) is 11.6 Å². The summed E-state index contributed by atoms with van der Waals surface area (Å²) in [6.45, 7) is 3.62. The van der Waals surface area contributed by atoms with Gasteiger partial charge in [-0.05, 0) is 62.4 Å². The molecule has 2 aromatic heterocycles. The maximum atomic E-state index is 13.1. The molecule has 1 amide bonds. The number of aryl methyl sites for hydroxylation is 1. The van der Waals surface area contributed by atoms with E-state index in [-0.39, 0.29) is 11.9 Å². The van der Waals surface area contributed by atoms with E-state index in [9.17, 15) is 4.79 Å². The second kappa shape index (κ2) is 9.43. The van der Waals surface area contributed by atoms with E-state index < -0.39 is 0 Å². The molecule has 31 heavy (non-hydrogen) atoms. The smallest absolute Gasteiger partial charge is 0.256 e. The fourth-order valence-corrected chi connectivity index (χ4v) is 4.43. The molecule has 1 aliphatic heterocycles. The quantitative estimate of drug-likeness (QED) is 0.457. The second-order valence-corrected chi connectivity index (χ2v) is 8.22. The SMILES string of the molecule is COc1ccc(N2CCC(NC(=O)c3c(C)nc(-c4ccco4)nc3SC)CC2)cc1. The summed E-state index contributed by atoms with van der Waals surface area (Å²) >= 11 is 1.44. The Balaban J connectivity index is 1.42. The first kappa shape index (κ1) is 21.2. The minimum absolute atomic E-state index is 0.115. The van der Waals surface area contributed by atoms with E-state index in [0.717, 1.165) is 31.7 Å². The van der Waals surface area contributed by atoms with E-state index in [1.807, 2.05) is 31.4 Å². The Kier molecular flexibility index (Phi) is 6.46. The number of nitrogens with one attached hydrogen (secondary N) is 1. The van der Waals surface area contributed by atoms with Crippen LogP contribution in [0.1, 0.15) is 28.9 Å². The normalized spacial score (nSPS) is 14.5. The molecule has 3 heterocycles. The predicted octanol–water partition coefficient (Wildman–Crippen LogP) is 4.17. The number of carbonyl (C=O) groups excluding carboxylic acids is 1. The highest BCUT2D eigenvalue weighted by Crippen LogP contribution is 2.26. The van der Waals surface area contributed by atoms with E-state index in [4.69, 9.17) is 9.15 Å². The topological polar surface area (TPSA) is 80.5 Å². The molecule has 8 heteroatoms. The number of amides is 1. The Morgan fingerprint density at radius 2 is 1.94 bits per heavy atom. The van der Waals surface area contributed by atoms with Crippen LogP contribution in [0.2, 0.25) is 0 Å². The van der Waals surface area contributed by atoms with Gasteiger partial charge in [-0.1, -0.05) is 0 Å². The summed E-state index contributed by atoms with van der Waals surface area (Å²) in [4.78, 5) is 24.5. The lowest BCUT2D eigenvalue weighted by molar-refractivity contribution is 0.0926. The Hall–Kier alpha value is -3.00. The summed E-state index contributed by atoms with van der Waals surface area (Å²) in [7, 11) is 1.67. The van der Waals surface area contributed by atoms with Crippen molar-refractivity contribution in [2.75, 3.05) is 31.4 Å². The minimum Gasteiger partial charge on any atom is -0.497 e. The van der Waals surface area contributed by atoms with Gasteiger partial charge in [0.15, 0.2) is 11.6 Å². The monoisotopic (exact) mass is 438 g/mol. The van der Waals surface area contributed by atoms with Crippen molar-refractivity contribution in [1.29, 1.82) is 0 Å². The summed E-state index contributed by atoms with van der Waals surface area (Å²) in [5.74, 6) is 1.83. The van der Waals surface area contributed by atoms with Crippen LogP contribution in [0.3, 0.4) is 0 Å². The van der Waals surface area contributed by atoms with Crippen molar-refractivity contribution in [3.8, 4) is 17.3 Å². The van der Waals surface area contributed by atoms with Gasteiger partial charge in [-0.2, -0.15) is 0 Å². The van der Waals surface area contributed by atoms with E-state index in [1.165, 1.54) is 17.4 Å². The molecule has 0 saturated carbocycles. The summed E-state index contributed by atoms with van der Waals surface area (Å²) in [6.07, 6.45) is 5.27. The molecular formula is C23H26N4O3S. The number of carbonyl (C=O) groups is 1. The number of thioether (sulfide) groups is 1. The van der Waals surface area contributed by atoms with E-state index >= 15 is 0 Å². The lowest BCUT2D eigenvalue weighted by atomic mass is 10.0. The van der Waals surface area contributed by atoms with E-state index in [1.54, 1.807) is 19.4 Å². The average molecular weight is 439 g/mol. The summed E-state index contributed by atoms with van der Waals surface area (Å²) in [6, 6.07) is 11.8.